The summed E-state index contributed by atoms with van der Waals surface area (Å²) in [6.07, 6.45) is 2.82. The van der Waals surface area contributed by atoms with Crippen LogP contribution in [0.5, 0.6) is 0 Å². The maximum absolute atomic E-state index is 12.5. The van der Waals surface area contributed by atoms with Gasteiger partial charge < -0.3 is 0 Å². The monoisotopic (exact) mass is 288 g/mol. The van der Waals surface area contributed by atoms with Gasteiger partial charge in [0.2, 0.25) is 0 Å². The number of pyridine rings is 1. The molecule has 0 fully saturated rings. The van der Waals surface area contributed by atoms with Crippen LogP contribution in [0.1, 0.15) is 11.1 Å². The lowest BCUT2D eigenvalue weighted by Gasteiger charge is -2.05. The Morgan fingerprint density at radius 2 is 1.90 bits per heavy atom. The van der Waals surface area contributed by atoms with Crippen molar-refractivity contribution in [1.82, 2.24) is 19.4 Å². The topological polar surface area (TPSA) is 77.7 Å². The summed E-state index contributed by atoms with van der Waals surface area (Å²) in [6, 6.07) is 6.66. The molecular formula is C13H12N4O2S. The molecule has 6 nitrogen and oxygen atoms in total. The largest absolute Gasteiger partial charge is 0.286 e. The molecule has 2 heterocycles. The van der Waals surface area contributed by atoms with Crippen LogP contribution in [0.3, 0.4) is 0 Å². The van der Waals surface area contributed by atoms with E-state index in [0.29, 0.717) is 11.0 Å². The fourth-order valence-electron chi connectivity index (χ4n) is 1.93. The van der Waals surface area contributed by atoms with Crippen molar-refractivity contribution in [2.75, 3.05) is 0 Å². The minimum absolute atomic E-state index is 0.0880. The molecule has 0 bridgehead atoms. The van der Waals surface area contributed by atoms with E-state index in [9.17, 15) is 8.42 Å². The van der Waals surface area contributed by atoms with Gasteiger partial charge in [-0.3, -0.25) is 4.98 Å². The Labute approximate surface area is 116 Å². The molecule has 3 rings (SSSR count). The molecule has 0 saturated heterocycles. The standard InChI is InChI=1S/C13H12N4O2S/c1-9-6-12-13(7-10(9)2)17(16-15-12)20(18,19)11-4-3-5-14-8-11/h3-8H,1-2H3. The molecule has 3 aromatic rings. The van der Waals surface area contributed by atoms with Gasteiger partial charge in [-0.25, -0.2) is 0 Å². The first-order valence-corrected chi connectivity index (χ1v) is 7.42. The fourth-order valence-corrected chi connectivity index (χ4v) is 3.12. The molecule has 0 aliphatic heterocycles. The van der Waals surface area contributed by atoms with Gasteiger partial charge in [0.1, 0.15) is 15.9 Å². The molecule has 0 aliphatic rings. The molecule has 0 radical (unpaired) electrons. The Bertz CT molecular complexity index is 885. The van der Waals surface area contributed by atoms with Gasteiger partial charge in [0, 0.05) is 12.4 Å². The van der Waals surface area contributed by atoms with Crippen LogP contribution in [0.2, 0.25) is 0 Å². The normalized spacial score (nSPS) is 11.9. The SMILES string of the molecule is Cc1cc2nnn(S(=O)(=O)c3cccnc3)c2cc1C. The van der Waals surface area contributed by atoms with Crippen LogP contribution >= 0.6 is 0 Å². The molecule has 7 heteroatoms. The van der Waals surface area contributed by atoms with Crippen LogP contribution in [0.4, 0.5) is 0 Å². The fraction of sp³-hybridized carbons (Fsp3) is 0.154. The Morgan fingerprint density at radius 3 is 2.60 bits per heavy atom. The van der Waals surface area contributed by atoms with E-state index in [1.807, 2.05) is 19.9 Å². The first-order chi connectivity index (χ1) is 9.50. The second kappa shape index (κ2) is 4.38. The molecule has 0 spiro atoms. The summed E-state index contributed by atoms with van der Waals surface area (Å²) < 4.78 is 26.0. The molecule has 0 atom stereocenters. The summed E-state index contributed by atoms with van der Waals surface area (Å²) in [5.74, 6) is 0. The highest BCUT2D eigenvalue weighted by molar-refractivity contribution is 7.90. The Morgan fingerprint density at radius 1 is 1.15 bits per heavy atom. The summed E-state index contributed by atoms with van der Waals surface area (Å²) in [7, 11) is -3.77. The molecule has 0 aliphatic carbocycles. The maximum Gasteiger partial charge on any atom is 0.286 e. The first kappa shape index (κ1) is 12.7. The number of aryl methyl sites for hydroxylation is 2. The van der Waals surface area contributed by atoms with Gasteiger partial charge in [0.05, 0.1) is 0 Å². The van der Waals surface area contributed by atoms with Crippen LogP contribution in [-0.4, -0.2) is 27.8 Å². The second-order valence-electron chi connectivity index (χ2n) is 4.55. The lowest BCUT2D eigenvalue weighted by atomic mass is 10.1. The maximum atomic E-state index is 12.5. The van der Waals surface area contributed by atoms with Crippen molar-refractivity contribution in [3.63, 3.8) is 0 Å². The zero-order chi connectivity index (χ0) is 14.3. The van der Waals surface area contributed by atoms with E-state index >= 15 is 0 Å². The lowest BCUT2D eigenvalue weighted by Crippen LogP contribution is -2.14. The number of fused-ring (bicyclic) bond motifs is 1. The number of hydrogen-bond acceptors (Lipinski definition) is 5. The molecule has 0 unspecified atom stereocenters. The molecule has 0 N–H and O–H groups in total. The summed E-state index contributed by atoms with van der Waals surface area (Å²) in [6.45, 7) is 3.87. The minimum atomic E-state index is -3.77. The number of benzene rings is 1. The van der Waals surface area contributed by atoms with Crippen molar-refractivity contribution < 1.29 is 8.42 Å². The Balaban J connectivity index is 2.28. The number of hydrogen-bond donors (Lipinski definition) is 0. The van der Waals surface area contributed by atoms with E-state index < -0.39 is 10.0 Å². The minimum Gasteiger partial charge on any atom is -0.263 e. The van der Waals surface area contributed by atoms with Crippen LogP contribution in [0, 0.1) is 13.8 Å². The first-order valence-electron chi connectivity index (χ1n) is 5.98. The quantitative estimate of drug-likeness (QED) is 0.717. The van der Waals surface area contributed by atoms with Gasteiger partial charge in [-0.05, 0) is 49.2 Å². The van der Waals surface area contributed by atoms with Gasteiger partial charge in [-0.1, -0.05) is 5.21 Å². The van der Waals surface area contributed by atoms with Crippen molar-refractivity contribution in [2.24, 2.45) is 0 Å². The van der Waals surface area contributed by atoms with Gasteiger partial charge in [0.15, 0.2) is 0 Å². The van der Waals surface area contributed by atoms with E-state index in [0.717, 1.165) is 15.2 Å². The predicted molar refractivity (Wildman–Crippen MR) is 73.8 cm³/mol. The van der Waals surface area contributed by atoms with E-state index in [1.54, 1.807) is 12.1 Å². The summed E-state index contributed by atoms with van der Waals surface area (Å²) >= 11 is 0. The third-order valence-corrected chi connectivity index (χ3v) is 4.75. The van der Waals surface area contributed by atoms with Gasteiger partial charge >= 0.3 is 0 Å². The number of aromatic nitrogens is 4. The van der Waals surface area contributed by atoms with Crippen molar-refractivity contribution in [1.29, 1.82) is 0 Å². The zero-order valence-electron chi connectivity index (χ0n) is 11.0. The highest BCUT2D eigenvalue weighted by Crippen LogP contribution is 2.21. The Hall–Kier alpha value is -2.28. The van der Waals surface area contributed by atoms with E-state index in [1.165, 1.54) is 18.5 Å². The molecular weight excluding hydrogens is 276 g/mol. The third kappa shape index (κ3) is 1.87. The molecule has 20 heavy (non-hydrogen) atoms. The van der Waals surface area contributed by atoms with E-state index in [4.69, 9.17) is 0 Å². The third-order valence-electron chi connectivity index (χ3n) is 3.19. The predicted octanol–water partition coefficient (Wildman–Crippen LogP) is 1.68. The lowest BCUT2D eigenvalue weighted by molar-refractivity contribution is 0.579. The average molecular weight is 288 g/mol. The zero-order valence-corrected chi connectivity index (χ0v) is 11.8. The Kier molecular flexibility index (Phi) is 2.79. The molecule has 2 aromatic heterocycles. The second-order valence-corrected chi connectivity index (χ2v) is 6.32. The summed E-state index contributed by atoms with van der Waals surface area (Å²) in [5, 5.41) is 7.70. The van der Waals surface area contributed by atoms with E-state index in [-0.39, 0.29) is 4.90 Å². The highest BCUT2D eigenvalue weighted by atomic mass is 32.2. The van der Waals surface area contributed by atoms with Gasteiger partial charge in [-0.2, -0.15) is 8.42 Å². The average Bonchev–Trinajstić information content (AvgIpc) is 2.84. The van der Waals surface area contributed by atoms with Crippen molar-refractivity contribution in [3.05, 3.63) is 47.8 Å². The van der Waals surface area contributed by atoms with Crippen LogP contribution in [-0.2, 0) is 10.0 Å². The number of nitrogens with zero attached hydrogens (tertiary/aromatic N) is 4. The molecule has 1 aromatic carbocycles. The molecule has 0 amide bonds. The molecule has 0 saturated carbocycles. The smallest absolute Gasteiger partial charge is 0.263 e. The summed E-state index contributed by atoms with van der Waals surface area (Å²) in [5.41, 5.74) is 3.06. The van der Waals surface area contributed by atoms with Crippen LogP contribution in [0.15, 0.2) is 41.6 Å². The van der Waals surface area contributed by atoms with Crippen LogP contribution < -0.4 is 0 Å². The molecule has 102 valence electrons. The highest BCUT2D eigenvalue weighted by Gasteiger charge is 2.21. The van der Waals surface area contributed by atoms with Crippen LogP contribution in [0.25, 0.3) is 11.0 Å². The van der Waals surface area contributed by atoms with E-state index in [2.05, 4.69) is 15.3 Å². The van der Waals surface area contributed by atoms with Crippen molar-refractivity contribution >= 4 is 21.1 Å². The van der Waals surface area contributed by atoms with Crippen molar-refractivity contribution in [3.8, 4) is 0 Å². The van der Waals surface area contributed by atoms with Crippen molar-refractivity contribution in [2.45, 2.75) is 18.7 Å². The summed E-state index contributed by atoms with van der Waals surface area (Å²) in [4.78, 5) is 3.92. The van der Waals surface area contributed by atoms with Gasteiger partial charge in [0.25, 0.3) is 10.0 Å². The number of rotatable bonds is 2. The van der Waals surface area contributed by atoms with Gasteiger partial charge in [-0.15, -0.1) is 9.19 Å².